The predicted octanol–water partition coefficient (Wildman–Crippen LogP) is 3.54. The van der Waals surface area contributed by atoms with Crippen molar-refractivity contribution in [3.8, 4) is 0 Å². The van der Waals surface area contributed by atoms with Gasteiger partial charge in [0.2, 0.25) is 0 Å². The van der Waals surface area contributed by atoms with E-state index in [9.17, 15) is 4.79 Å². The van der Waals surface area contributed by atoms with Crippen molar-refractivity contribution >= 4 is 34.1 Å². The lowest BCUT2D eigenvalue weighted by Gasteiger charge is -2.08. The Bertz CT molecular complexity index is 783. The number of carbonyl (C=O) groups excluding carboxylic acids is 1. The number of benzene rings is 1. The summed E-state index contributed by atoms with van der Waals surface area (Å²) in [4.78, 5) is 20.3. The zero-order valence-electron chi connectivity index (χ0n) is 10.4. The SMILES string of the molecule is O=C(Nc1cccc2ncccc12)c1ccnc(Cl)c1. The maximum Gasteiger partial charge on any atom is 0.255 e. The summed E-state index contributed by atoms with van der Waals surface area (Å²) in [5, 5.41) is 4.04. The number of anilines is 1. The van der Waals surface area contributed by atoms with Crippen LogP contribution in [0.15, 0.2) is 54.9 Å². The number of carbonyl (C=O) groups is 1. The van der Waals surface area contributed by atoms with E-state index in [1.165, 1.54) is 12.3 Å². The minimum Gasteiger partial charge on any atom is -0.321 e. The number of halogens is 1. The number of amides is 1. The first-order valence-corrected chi connectivity index (χ1v) is 6.38. The molecule has 3 rings (SSSR count). The van der Waals surface area contributed by atoms with Crippen LogP contribution in [0.2, 0.25) is 5.15 Å². The first kappa shape index (κ1) is 12.6. The molecule has 98 valence electrons. The van der Waals surface area contributed by atoms with Crippen LogP contribution in [0.3, 0.4) is 0 Å². The lowest BCUT2D eigenvalue weighted by atomic mass is 10.1. The highest BCUT2D eigenvalue weighted by Gasteiger charge is 2.09. The van der Waals surface area contributed by atoms with Gasteiger partial charge in [0.15, 0.2) is 0 Å². The number of fused-ring (bicyclic) bond motifs is 1. The summed E-state index contributed by atoms with van der Waals surface area (Å²) in [7, 11) is 0. The van der Waals surface area contributed by atoms with Gasteiger partial charge in [-0.3, -0.25) is 9.78 Å². The van der Waals surface area contributed by atoms with E-state index in [4.69, 9.17) is 11.6 Å². The van der Waals surface area contributed by atoms with E-state index in [2.05, 4.69) is 15.3 Å². The van der Waals surface area contributed by atoms with E-state index in [-0.39, 0.29) is 11.1 Å². The van der Waals surface area contributed by atoms with Gasteiger partial charge in [0.1, 0.15) is 5.15 Å². The van der Waals surface area contributed by atoms with Crippen molar-refractivity contribution in [2.75, 3.05) is 5.32 Å². The molecule has 0 saturated carbocycles. The van der Waals surface area contributed by atoms with Crippen molar-refractivity contribution in [2.24, 2.45) is 0 Å². The van der Waals surface area contributed by atoms with Gasteiger partial charge in [-0.1, -0.05) is 17.7 Å². The van der Waals surface area contributed by atoms with Crippen LogP contribution in [0, 0.1) is 0 Å². The summed E-state index contributed by atoms with van der Waals surface area (Å²) >= 11 is 5.79. The molecule has 0 fully saturated rings. The Hall–Kier alpha value is -2.46. The van der Waals surface area contributed by atoms with Crippen molar-refractivity contribution in [2.45, 2.75) is 0 Å². The van der Waals surface area contributed by atoms with Gasteiger partial charge in [-0.05, 0) is 36.4 Å². The predicted molar refractivity (Wildman–Crippen MR) is 78.9 cm³/mol. The van der Waals surface area contributed by atoms with Crippen LogP contribution in [-0.2, 0) is 0 Å². The molecule has 0 aliphatic carbocycles. The van der Waals surface area contributed by atoms with Crippen LogP contribution >= 0.6 is 11.6 Å². The van der Waals surface area contributed by atoms with Gasteiger partial charge in [-0.2, -0.15) is 0 Å². The van der Waals surface area contributed by atoms with Gasteiger partial charge < -0.3 is 5.32 Å². The molecule has 2 aromatic heterocycles. The third kappa shape index (κ3) is 2.46. The standard InChI is InChI=1S/C15H10ClN3O/c16-14-9-10(6-8-18-14)15(20)19-13-5-1-4-12-11(13)3-2-7-17-12/h1-9H,(H,19,20). The first-order valence-electron chi connectivity index (χ1n) is 6.01. The maximum absolute atomic E-state index is 12.2. The van der Waals surface area contributed by atoms with E-state index in [1.54, 1.807) is 12.3 Å². The third-order valence-electron chi connectivity index (χ3n) is 2.88. The molecule has 5 heteroatoms. The van der Waals surface area contributed by atoms with E-state index in [0.29, 0.717) is 11.3 Å². The number of pyridine rings is 2. The topological polar surface area (TPSA) is 54.9 Å². The number of rotatable bonds is 2. The van der Waals surface area contributed by atoms with Gasteiger partial charge in [0, 0.05) is 23.3 Å². The summed E-state index contributed by atoms with van der Waals surface area (Å²) in [5.41, 5.74) is 2.01. The normalized spacial score (nSPS) is 10.4. The number of hydrogen-bond acceptors (Lipinski definition) is 3. The zero-order chi connectivity index (χ0) is 13.9. The Morgan fingerprint density at radius 2 is 1.95 bits per heavy atom. The van der Waals surface area contributed by atoms with Crippen LogP contribution in [0.4, 0.5) is 5.69 Å². The smallest absolute Gasteiger partial charge is 0.255 e. The van der Waals surface area contributed by atoms with Crippen LogP contribution in [-0.4, -0.2) is 15.9 Å². The molecule has 4 nitrogen and oxygen atoms in total. The fourth-order valence-corrected chi connectivity index (χ4v) is 2.12. The van der Waals surface area contributed by atoms with Gasteiger partial charge in [0.25, 0.3) is 5.91 Å². The Morgan fingerprint density at radius 3 is 2.80 bits per heavy atom. The van der Waals surface area contributed by atoms with E-state index >= 15 is 0 Å². The second-order valence-electron chi connectivity index (χ2n) is 4.20. The molecule has 1 N–H and O–H groups in total. The molecule has 0 aliphatic rings. The molecule has 0 unspecified atom stereocenters. The minimum absolute atomic E-state index is 0.231. The molecule has 2 heterocycles. The molecule has 0 atom stereocenters. The van der Waals surface area contributed by atoms with Crippen molar-refractivity contribution in [3.05, 3.63) is 65.6 Å². The van der Waals surface area contributed by atoms with Crippen molar-refractivity contribution < 1.29 is 4.79 Å². The Balaban J connectivity index is 1.95. The summed E-state index contributed by atoms with van der Waals surface area (Å²) in [6.45, 7) is 0. The van der Waals surface area contributed by atoms with Crippen molar-refractivity contribution in [1.82, 2.24) is 9.97 Å². The van der Waals surface area contributed by atoms with Gasteiger partial charge >= 0.3 is 0 Å². The lowest BCUT2D eigenvalue weighted by Crippen LogP contribution is -2.12. The highest BCUT2D eigenvalue weighted by atomic mass is 35.5. The summed E-state index contributed by atoms with van der Waals surface area (Å²) in [6, 6.07) is 12.5. The minimum atomic E-state index is -0.231. The maximum atomic E-state index is 12.2. The number of aromatic nitrogens is 2. The van der Waals surface area contributed by atoms with Crippen LogP contribution in [0.1, 0.15) is 10.4 Å². The van der Waals surface area contributed by atoms with Gasteiger partial charge in [-0.15, -0.1) is 0 Å². The molecule has 20 heavy (non-hydrogen) atoms. The number of nitrogens with zero attached hydrogens (tertiary/aromatic N) is 2. The van der Waals surface area contributed by atoms with Gasteiger partial charge in [-0.25, -0.2) is 4.98 Å². The summed E-state index contributed by atoms with van der Waals surface area (Å²) in [5.74, 6) is -0.231. The number of nitrogens with one attached hydrogen (secondary N) is 1. The monoisotopic (exact) mass is 283 g/mol. The van der Waals surface area contributed by atoms with Crippen LogP contribution < -0.4 is 5.32 Å². The molecule has 0 saturated heterocycles. The highest BCUT2D eigenvalue weighted by molar-refractivity contribution is 6.29. The third-order valence-corrected chi connectivity index (χ3v) is 3.09. The fraction of sp³-hybridized carbons (Fsp3) is 0. The first-order chi connectivity index (χ1) is 9.74. The second kappa shape index (κ2) is 5.27. The average Bonchev–Trinajstić information content (AvgIpc) is 2.47. The zero-order valence-corrected chi connectivity index (χ0v) is 11.1. The van der Waals surface area contributed by atoms with Crippen LogP contribution in [0.5, 0.6) is 0 Å². The average molecular weight is 284 g/mol. The molecule has 0 radical (unpaired) electrons. The largest absolute Gasteiger partial charge is 0.321 e. The summed E-state index contributed by atoms with van der Waals surface area (Å²) in [6.07, 6.45) is 3.22. The van der Waals surface area contributed by atoms with E-state index < -0.39 is 0 Å². The molecule has 1 aromatic carbocycles. The molecule has 1 amide bonds. The van der Waals surface area contributed by atoms with Gasteiger partial charge in [0.05, 0.1) is 11.2 Å². The van der Waals surface area contributed by atoms with Crippen molar-refractivity contribution in [1.29, 1.82) is 0 Å². The molecule has 0 spiro atoms. The Labute approximate surface area is 120 Å². The molecular weight excluding hydrogens is 274 g/mol. The van der Waals surface area contributed by atoms with Crippen LogP contribution in [0.25, 0.3) is 10.9 Å². The quantitative estimate of drug-likeness (QED) is 0.732. The van der Waals surface area contributed by atoms with E-state index in [0.717, 1.165) is 10.9 Å². The molecule has 3 aromatic rings. The number of hydrogen-bond donors (Lipinski definition) is 1. The summed E-state index contributed by atoms with van der Waals surface area (Å²) < 4.78 is 0. The highest BCUT2D eigenvalue weighted by Crippen LogP contribution is 2.22. The van der Waals surface area contributed by atoms with Crippen molar-refractivity contribution in [3.63, 3.8) is 0 Å². The van der Waals surface area contributed by atoms with E-state index in [1.807, 2.05) is 30.3 Å². The molecular formula is C15H10ClN3O. The molecule has 0 aliphatic heterocycles. The Morgan fingerprint density at radius 1 is 1.05 bits per heavy atom. The Kier molecular flexibility index (Phi) is 3.31. The second-order valence-corrected chi connectivity index (χ2v) is 4.58. The molecule has 0 bridgehead atoms. The fourth-order valence-electron chi connectivity index (χ4n) is 1.95. The lowest BCUT2D eigenvalue weighted by molar-refractivity contribution is 0.102.